The van der Waals surface area contributed by atoms with Crippen molar-refractivity contribution < 1.29 is 14.0 Å². The molecule has 0 radical (unpaired) electrons. The molecule has 1 rings (SSSR count). The molecule has 18 heavy (non-hydrogen) atoms. The number of imide groups is 1. The molecule has 3 N–H and O–H groups in total. The predicted molar refractivity (Wildman–Crippen MR) is 67.0 cm³/mol. The van der Waals surface area contributed by atoms with Crippen molar-refractivity contribution in [3.63, 3.8) is 0 Å². The predicted octanol–water partition coefficient (Wildman–Crippen LogP) is 1.17. The Labute approximate surface area is 106 Å². The van der Waals surface area contributed by atoms with Crippen molar-refractivity contribution >= 4 is 11.9 Å². The number of carbonyl (C=O) groups excluding carboxylic acids is 2. The molecule has 6 nitrogen and oxygen atoms in total. The second-order valence-electron chi connectivity index (χ2n) is 3.92. The minimum Gasteiger partial charge on any atom is -0.468 e. The summed E-state index contributed by atoms with van der Waals surface area (Å²) in [4.78, 5) is 22.6. The maximum atomic E-state index is 11.4. The normalized spacial score (nSPS) is 11.9. The van der Waals surface area contributed by atoms with Crippen LogP contribution in [-0.4, -0.2) is 25.0 Å². The largest absolute Gasteiger partial charge is 0.468 e. The Hall–Kier alpha value is -1.82. The second kappa shape index (κ2) is 7.50. The van der Waals surface area contributed by atoms with E-state index in [0.29, 0.717) is 6.54 Å². The van der Waals surface area contributed by atoms with Crippen LogP contribution in [0.3, 0.4) is 0 Å². The summed E-state index contributed by atoms with van der Waals surface area (Å²) < 4.78 is 5.19. The number of amides is 3. The number of carbonyl (C=O) groups is 2. The molecule has 1 atom stereocenters. The lowest BCUT2D eigenvalue weighted by molar-refractivity contribution is -0.119. The summed E-state index contributed by atoms with van der Waals surface area (Å²) >= 11 is 0. The summed E-state index contributed by atoms with van der Waals surface area (Å²) in [5.41, 5.74) is 0. The van der Waals surface area contributed by atoms with Crippen molar-refractivity contribution in [3.05, 3.63) is 24.2 Å². The molecule has 1 aromatic heterocycles. The zero-order valence-electron chi connectivity index (χ0n) is 10.7. The van der Waals surface area contributed by atoms with Gasteiger partial charge in [0, 0.05) is 6.54 Å². The summed E-state index contributed by atoms with van der Waals surface area (Å²) in [7, 11) is 0. The first-order valence-corrected chi connectivity index (χ1v) is 5.98. The maximum Gasteiger partial charge on any atom is 0.321 e. The van der Waals surface area contributed by atoms with E-state index < -0.39 is 6.03 Å². The summed E-state index contributed by atoms with van der Waals surface area (Å²) in [5.74, 6) is 0.375. The molecule has 0 bridgehead atoms. The number of furan rings is 1. The van der Waals surface area contributed by atoms with Gasteiger partial charge in [0.05, 0.1) is 18.8 Å². The van der Waals surface area contributed by atoms with Crippen molar-refractivity contribution in [2.75, 3.05) is 13.1 Å². The van der Waals surface area contributed by atoms with Gasteiger partial charge in [-0.05, 0) is 25.5 Å². The van der Waals surface area contributed by atoms with Crippen LogP contribution < -0.4 is 16.0 Å². The lowest BCUT2D eigenvalue weighted by atomic mass is 10.2. The van der Waals surface area contributed by atoms with Gasteiger partial charge in [0.2, 0.25) is 5.91 Å². The van der Waals surface area contributed by atoms with Crippen LogP contribution in [0.15, 0.2) is 22.8 Å². The Morgan fingerprint density at radius 1 is 1.44 bits per heavy atom. The average Bonchev–Trinajstić information content (AvgIpc) is 2.87. The van der Waals surface area contributed by atoms with E-state index in [1.54, 1.807) is 12.3 Å². The molecule has 0 aliphatic rings. The molecular weight excluding hydrogens is 234 g/mol. The van der Waals surface area contributed by atoms with Gasteiger partial charge in [-0.1, -0.05) is 6.92 Å². The van der Waals surface area contributed by atoms with Crippen molar-refractivity contribution in [2.24, 2.45) is 0 Å². The van der Waals surface area contributed by atoms with E-state index in [0.717, 1.165) is 12.2 Å². The van der Waals surface area contributed by atoms with Crippen LogP contribution in [0.2, 0.25) is 0 Å². The summed E-state index contributed by atoms with van der Waals surface area (Å²) in [6.45, 7) is 4.43. The zero-order chi connectivity index (χ0) is 13.4. The van der Waals surface area contributed by atoms with E-state index >= 15 is 0 Å². The lowest BCUT2D eigenvalue weighted by Crippen LogP contribution is -2.43. The Morgan fingerprint density at radius 3 is 2.83 bits per heavy atom. The third-order valence-corrected chi connectivity index (χ3v) is 2.33. The zero-order valence-corrected chi connectivity index (χ0v) is 10.7. The van der Waals surface area contributed by atoms with Gasteiger partial charge in [-0.3, -0.25) is 15.4 Å². The number of rotatable bonds is 6. The van der Waals surface area contributed by atoms with E-state index in [4.69, 9.17) is 4.42 Å². The highest BCUT2D eigenvalue weighted by molar-refractivity contribution is 5.95. The van der Waals surface area contributed by atoms with Gasteiger partial charge in [0.1, 0.15) is 5.76 Å². The minimum atomic E-state index is -0.464. The Kier molecular flexibility index (Phi) is 5.93. The Balaban J connectivity index is 2.22. The second-order valence-corrected chi connectivity index (χ2v) is 3.92. The molecule has 1 aromatic rings. The molecule has 6 heteroatoms. The maximum absolute atomic E-state index is 11.4. The molecule has 0 aromatic carbocycles. The fraction of sp³-hybridized carbons (Fsp3) is 0.500. The van der Waals surface area contributed by atoms with Gasteiger partial charge >= 0.3 is 6.03 Å². The smallest absolute Gasteiger partial charge is 0.321 e. The number of urea groups is 1. The summed E-state index contributed by atoms with van der Waals surface area (Å²) in [6, 6.07) is 3.06. The standard InChI is InChI=1S/C12H19N3O3/c1-3-6-13-12(17)15-11(16)8-14-9(2)10-5-4-7-18-10/h4-5,7,9,14H,3,6,8H2,1-2H3,(H2,13,15,16,17)/t9-/m1/s1. The van der Waals surface area contributed by atoms with Gasteiger partial charge in [0.25, 0.3) is 0 Å². The summed E-state index contributed by atoms with van der Waals surface area (Å²) in [5, 5.41) is 7.75. The minimum absolute atomic E-state index is 0.0570. The van der Waals surface area contributed by atoms with Gasteiger partial charge in [-0.15, -0.1) is 0 Å². The third kappa shape index (κ3) is 5.01. The molecule has 0 saturated carbocycles. The van der Waals surface area contributed by atoms with E-state index in [1.807, 2.05) is 19.9 Å². The first kappa shape index (κ1) is 14.2. The van der Waals surface area contributed by atoms with E-state index in [2.05, 4.69) is 16.0 Å². The highest BCUT2D eigenvalue weighted by Crippen LogP contribution is 2.11. The van der Waals surface area contributed by atoms with Crippen molar-refractivity contribution in [2.45, 2.75) is 26.3 Å². The van der Waals surface area contributed by atoms with Crippen LogP contribution in [0.1, 0.15) is 32.1 Å². The van der Waals surface area contributed by atoms with Gasteiger partial charge < -0.3 is 9.73 Å². The molecule has 0 aliphatic heterocycles. The molecule has 1 heterocycles. The first-order chi connectivity index (χ1) is 8.63. The monoisotopic (exact) mass is 253 g/mol. The third-order valence-electron chi connectivity index (χ3n) is 2.33. The summed E-state index contributed by atoms with van der Waals surface area (Å²) in [6.07, 6.45) is 2.40. The highest BCUT2D eigenvalue weighted by atomic mass is 16.3. The SMILES string of the molecule is CCCNC(=O)NC(=O)CN[C@H](C)c1ccco1. The van der Waals surface area contributed by atoms with Gasteiger partial charge in [-0.2, -0.15) is 0 Å². The molecule has 100 valence electrons. The van der Waals surface area contributed by atoms with Crippen LogP contribution in [0.25, 0.3) is 0 Å². The molecule has 0 fully saturated rings. The van der Waals surface area contributed by atoms with Crippen LogP contribution >= 0.6 is 0 Å². The average molecular weight is 253 g/mol. The fourth-order valence-corrected chi connectivity index (χ4v) is 1.34. The molecular formula is C12H19N3O3. The topological polar surface area (TPSA) is 83.4 Å². The van der Waals surface area contributed by atoms with Crippen LogP contribution in [0.4, 0.5) is 4.79 Å². The molecule has 0 saturated heterocycles. The van der Waals surface area contributed by atoms with Gasteiger partial charge in [-0.25, -0.2) is 4.79 Å². The van der Waals surface area contributed by atoms with E-state index in [9.17, 15) is 9.59 Å². The number of hydrogen-bond donors (Lipinski definition) is 3. The van der Waals surface area contributed by atoms with Crippen LogP contribution in [0, 0.1) is 0 Å². The van der Waals surface area contributed by atoms with Crippen molar-refractivity contribution in [3.8, 4) is 0 Å². The molecule has 0 spiro atoms. The first-order valence-electron chi connectivity index (χ1n) is 5.98. The number of nitrogens with one attached hydrogen (secondary N) is 3. The Morgan fingerprint density at radius 2 is 2.22 bits per heavy atom. The molecule has 0 aliphatic carbocycles. The van der Waals surface area contributed by atoms with E-state index in [-0.39, 0.29) is 18.5 Å². The van der Waals surface area contributed by atoms with Crippen LogP contribution in [-0.2, 0) is 4.79 Å². The van der Waals surface area contributed by atoms with E-state index in [1.165, 1.54) is 0 Å². The molecule has 0 unspecified atom stereocenters. The van der Waals surface area contributed by atoms with Crippen LogP contribution in [0.5, 0.6) is 0 Å². The fourth-order valence-electron chi connectivity index (χ4n) is 1.34. The Bertz CT molecular complexity index is 376. The number of hydrogen-bond acceptors (Lipinski definition) is 4. The van der Waals surface area contributed by atoms with Crippen molar-refractivity contribution in [1.82, 2.24) is 16.0 Å². The van der Waals surface area contributed by atoms with Crippen molar-refractivity contribution in [1.29, 1.82) is 0 Å². The van der Waals surface area contributed by atoms with Gasteiger partial charge in [0.15, 0.2) is 0 Å². The quantitative estimate of drug-likeness (QED) is 0.710. The lowest BCUT2D eigenvalue weighted by Gasteiger charge is -2.11. The highest BCUT2D eigenvalue weighted by Gasteiger charge is 2.11. The molecule has 3 amide bonds.